The van der Waals surface area contributed by atoms with Gasteiger partial charge in [-0.05, 0) is 54.8 Å². The zero-order chi connectivity index (χ0) is 18.8. The zero-order valence-electron chi connectivity index (χ0n) is 15.3. The van der Waals surface area contributed by atoms with Gasteiger partial charge in [0.1, 0.15) is 5.75 Å². The smallest absolute Gasteiger partial charge is 0.338 e. The first-order chi connectivity index (χ1) is 12.6. The Morgan fingerprint density at radius 3 is 2.31 bits per heavy atom. The Morgan fingerprint density at radius 1 is 1.00 bits per heavy atom. The number of nitrogens with one attached hydrogen (secondary N) is 1. The van der Waals surface area contributed by atoms with Crippen LogP contribution in [-0.4, -0.2) is 25.6 Å². The molecule has 0 aliphatic rings. The molecule has 138 valence electrons. The molecular weight excluding hydrogens is 330 g/mol. The van der Waals surface area contributed by atoms with Gasteiger partial charge in [-0.25, -0.2) is 4.79 Å². The fraction of sp³-hybridized carbons (Fsp3) is 0.333. The largest absolute Gasteiger partial charge is 0.497 e. The predicted octanol–water partition coefficient (Wildman–Crippen LogP) is 4.22. The van der Waals surface area contributed by atoms with Crippen molar-refractivity contribution in [2.45, 2.75) is 32.6 Å². The van der Waals surface area contributed by atoms with Crippen molar-refractivity contribution < 1.29 is 19.1 Å². The third kappa shape index (κ3) is 6.24. The van der Waals surface area contributed by atoms with Crippen molar-refractivity contribution in [2.75, 3.05) is 19.0 Å². The Bertz CT molecular complexity index is 708. The molecular formula is C21H25NO4. The zero-order valence-corrected chi connectivity index (χ0v) is 15.3. The molecule has 0 radical (unpaired) electrons. The van der Waals surface area contributed by atoms with E-state index >= 15 is 0 Å². The first-order valence-electron chi connectivity index (χ1n) is 8.82. The lowest BCUT2D eigenvalue weighted by atomic mass is 10.1. The minimum absolute atomic E-state index is 0.0703. The number of anilines is 1. The maximum absolute atomic E-state index is 12.1. The lowest BCUT2D eigenvalue weighted by molar-refractivity contribution is -0.116. The summed E-state index contributed by atoms with van der Waals surface area (Å²) in [6.07, 6.45) is 2.87. The van der Waals surface area contributed by atoms with Crippen LogP contribution in [0.3, 0.4) is 0 Å². The van der Waals surface area contributed by atoms with Gasteiger partial charge in [0.15, 0.2) is 0 Å². The van der Waals surface area contributed by atoms with Crippen molar-refractivity contribution in [3.05, 3.63) is 59.7 Å². The normalized spacial score (nSPS) is 10.2. The van der Waals surface area contributed by atoms with Crippen molar-refractivity contribution >= 4 is 17.6 Å². The lowest BCUT2D eigenvalue weighted by Crippen LogP contribution is -2.12. The second-order valence-electron chi connectivity index (χ2n) is 5.96. The standard InChI is InChI=1S/C21H25NO4/c1-3-4-15-26-21(24)17-8-10-18(11-9-17)22-20(23)14-7-16-5-12-19(25-2)13-6-16/h5-6,8-13H,3-4,7,14-15H2,1-2H3,(H,22,23). The van der Waals surface area contributed by atoms with Gasteiger partial charge in [0.25, 0.3) is 0 Å². The third-order valence-corrected chi connectivity index (χ3v) is 3.94. The molecule has 0 spiro atoms. The third-order valence-electron chi connectivity index (χ3n) is 3.94. The maximum atomic E-state index is 12.1. The summed E-state index contributed by atoms with van der Waals surface area (Å²) in [7, 11) is 1.62. The summed E-state index contributed by atoms with van der Waals surface area (Å²) >= 11 is 0. The molecule has 0 atom stereocenters. The Morgan fingerprint density at radius 2 is 1.69 bits per heavy atom. The van der Waals surface area contributed by atoms with E-state index in [0.29, 0.717) is 30.7 Å². The number of carbonyl (C=O) groups excluding carboxylic acids is 2. The molecule has 0 bridgehead atoms. The summed E-state index contributed by atoms with van der Waals surface area (Å²) in [4.78, 5) is 23.9. The van der Waals surface area contributed by atoms with E-state index in [1.807, 2.05) is 31.2 Å². The molecule has 26 heavy (non-hydrogen) atoms. The van der Waals surface area contributed by atoms with Crippen molar-refractivity contribution in [2.24, 2.45) is 0 Å². The minimum atomic E-state index is -0.337. The number of aryl methyl sites for hydroxylation is 1. The van der Waals surface area contributed by atoms with E-state index in [1.54, 1.807) is 31.4 Å². The molecule has 0 aromatic heterocycles. The predicted molar refractivity (Wildman–Crippen MR) is 102 cm³/mol. The number of amides is 1. The molecule has 1 amide bonds. The number of methoxy groups -OCH3 is 1. The minimum Gasteiger partial charge on any atom is -0.497 e. The highest BCUT2D eigenvalue weighted by Crippen LogP contribution is 2.14. The molecule has 2 rings (SSSR count). The molecule has 2 aromatic carbocycles. The van der Waals surface area contributed by atoms with Crippen molar-refractivity contribution in [1.29, 1.82) is 0 Å². The van der Waals surface area contributed by atoms with E-state index in [-0.39, 0.29) is 11.9 Å². The maximum Gasteiger partial charge on any atom is 0.338 e. The first-order valence-corrected chi connectivity index (χ1v) is 8.82. The highest BCUT2D eigenvalue weighted by Gasteiger charge is 2.08. The molecule has 5 nitrogen and oxygen atoms in total. The number of benzene rings is 2. The van der Waals surface area contributed by atoms with Gasteiger partial charge in [-0.2, -0.15) is 0 Å². The SMILES string of the molecule is CCCCOC(=O)c1ccc(NC(=O)CCc2ccc(OC)cc2)cc1. The van der Waals surface area contributed by atoms with Gasteiger partial charge in [0.05, 0.1) is 19.3 Å². The second-order valence-corrected chi connectivity index (χ2v) is 5.96. The Kier molecular flexibility index (Phi) is 7.68. The van der Waals surface area contributed by atoms with Crippen LogP contribution >= 0.6 is 0 Å². The van der Waals surface area contributed by atoms with E-state index in [4.69, 9.17) is 9.47 Å². The van der Waals surface area contributed by atoms with Gasteiger partial charge in [0, 0.05) is 12.1 Å². The Hall–Kier alpha value is -2.82. The van der Waals surface area contributed by atoms with Crippen LogP contribution in [0.5, 0.6) is 5.75 Å². The molecule has 0 heterocycles. The summed E-state index contributed by atoms with van der Waals surface area (Å²) < 4.78 is 10.3. The van der Waals surface area contributed by atoms with Crippen molar-refractivity contribution in [3.63, 3.8) is 0 Å². The fourth-order valence-corrected chi connectivity index (χ4v) is 2.36. The molecule has 0 fully saturated rings. The molecule has 0 saturated carbocycles. The molecule has 5 heteroatoms. The van der Waals surface area contributed by atoms with Gasteiger partial charge in [-0.3, -0.25) is 4.79 Å². The number of hydrogen-bond donors (Lipinski definition) is 1. The highest BCUT2D eigenvalue weighted by atomic mass is 16.5. The average molecular weight is 355 g/mol. The molecule has 2 aromatic rings. The van der Waals surface area contributed by atoms with Gasteiger partial charge < -0.3 is 14.8 Å². The average Bonchev–Trinajstić information content (AvgIpc) is 2.67. The number of esters is 1. The van der Waals surface area contributed by atoms with Gasteiger partial charge in [-0.15, -0.1) is 0 Å². The van der Waals surface area contributed by atoms with Crippen LogP contribution in [0.2, 0.25) is 0 Å². The van der Waals surface area contributed by atoms with Crippen LogP contribution < -0.4 is 10.1 Å². The van der Waals surface area contributed by atoms with E-state index < -0.39 is 0 Å². The number of ether oxygens (including phenoxy) is 2. The Balaban J connectivity index is 1.80. The summed E-state index contributed by atoms with van der Waals surface area (Å²) in [6.45, 7) is 2.47. The van der Waals surface area contributed by atoms with Crippen LogP contribution in [0.4, 0.5) is 5.69 Å². The number of hydrogen-bond acceptors (Lipinski definition) is 4. The summed E-state index contributed by atoms with van der Waals surface area (Å²) in [6, 6.07) is 14.4. The van der Waals surface area contributed by atoms with Gasteiger partial charge in [-0.1, -0.05) is 25.5 Å². The highest BCUT2D eigenvalue weighted by molar-refractivity contribution is 5.93. The van der Waals surface area contributed by atoms with Crippen molar-refractivity contribution in [1.82, 2.24) is 0 Å². The van der Waals surface area contributed by atoms with E-state index in [1.165, 1.54) is 0 Å². The van der Waals surface area contributed by atoms with Crippen LogP contribution in [-0.2, 0) is 16.0 Å². The molecule has 1 N–H and O–H groups in total. The van der Waals surface area contributed by atoms with E-state index in [0.717, 1.165) is 24.2 Å². The quantitative estimate of drug-likeness (QED) is 0.540. The number of carbonyl (C=O) groups is 2. The fourth-order valence-electron chi connectivity index (χ4n) is 2.36. The monoisotopic (exact) mass is 355 g/mol. The first kappa shape index (κ1) is 19.5. The molecule has 0 unspecified atom stereocenters. The summed E-state index contributed by atoms with van der Waals surface area (Å²) in [5, 5.41) is 2.84. The van der Waals surface area contributed by atoms with E-state index in [2.05, 4.69) is 5.32 Å². The molecule has 0 aliphatic heterocycles. The van der Waals surface area contributed by atoms with Crippen LogP contribution in [0.25, 0.3) is 0 Å². The van der Waals surface area contributed by atoms with E-state index in [9.17, 15) is 9.59 Å². The summed E-state index contributed by atoms with van der Waals surface area (Å²) in [5.41, 5.74) is 2.22. The summed E-state index contributed by atoms with van der Waals surface area (Å²) in [5.74, 6) is 0.390. The van der Waals surface area contributed by atoms with Gasteiger partial charge in [0.2, 0.25) is 5.91 Å². The lowest BCUT2D eigenvalue weighted by Gasteiger charge is -2.07. The Labute approximate surface area is 154 Å². The van der Waals surface area contributed by atoms with Crippen LogP contribution in [0.15, 0.2) is 48.5 Å². The number of rotatable bonds is 9. The topological polar surface area (TPSA) is 64.6 Å². The second kappa shape index (κ2) is 10.2. The molecule has 0 aliphatic carbocycles. The molecule has 0 saturated heterocycles. The van der Waals surface area contributed by atoms with Gasteiger partial charge >= 0.3 is 5.97 Å². The van der Waals surface area contributed by atoms with Crippen LogP contribution in [0, 0.1) is 0 Å². The number of unbranched alkanes of at least 4 members (excludes halogenated alkanes) is 1. The van der Waals surface area contributed by atoms with Crippen molar-refractivity contribution in [3.8, 4) is 5.75 Å². The van der Waals surface area contributed by atoms with Crippen LogP contribution in [0.1, 0.15) is 42.1 Å².